The third kappa shape index (κ3) is 2.06. The van der Waals surface area contributed by atoms with E-state index in [-0.39, 0.29) is 10.6 Å². The minimum absolute atomic E-state index is 0.0679. The van der Waals surface area contributed by atoms with E-state index in [0.717, 1.165) is 15.9 Å². The summed E-state index contributed by atoms with van der Waals surface area (Å²) in [6.07, 6.45) is 1.77. The summed E-state index contributed by atoms with van der Waals surface area (Å²) in [5.74, 6) is 0. The molecule has 19 heavy (non-hydrogen) atoms. The molecule has 6 heteroatoms. The lowest BCUT2D eigenvalue weighted by atomic mass is 10.2. The molecule has 3 aromatic rings. The lowest BCUT2D eigenvalue weighted by Gasteiger charge is -1.97. The van der Waals surface area contributed by atoms with Crippen molar-refractivity contribution < 1.29 is 4.92 Å². The Morgan fingerprint density at radius 2 is 2.11 bits per heavy atom. The third-order valence-corrected chi connectivity index (χ3v) is 3.73. The van der Waals surface area contributed by atoms with Crippen molar-refractivity contribution in [3.05, 3.63) is 52.2 Å². The van der Waals surface area contributed by atoms with Crippen molar-refractivity contribution in [2.24, 2.45) is 0 Å². The quantitative estimate of drug-likeness (QED) is 0.527. The third-order valence-electron chi connectivity index (χ3n) is 2.72. The molecule has 0 saturated carbocycles. The number of nitrogens with zero attached hydrogens (tertiary/aromatic N) is 3. The van der Waals surface area contributed by atoms with Crippen LogP contribution in [-0.2, 0) is 0 Å². The maximum atomic E-state index is 11.0. The van der Waals surface area contributed by atoms with E-state index in [0.29, 0.717) is 10.6 Å². The monoisotopic (exact) mass is 271 g/mol. The van der Waals surface area contributed by atoms with E-state index >= 15 is 0 Å². The number of rotatable bonds is 2. The molecule has 0 N–H and O–H groups in total. The van der Waals surface area contributed by atoms with Gasteiger partial charge in [-0.05, 0) is 24.6 Å². The van der Waals surface area contributed by atoms with Gasteiger partial charge in [0.1, 0.15) is 15.4 Å². The first-order chi connectivity index (χ1) is 9.15. The maximum Gasteiger partial charge on any atom is 0.279 e. The van der Waals surface area contributed by atoms with Crippen LogP contribution < -0.4 is 0 Å². The predicted octanol–water partition coefficient (Wildman–Crippen LogP) is 3.57. The summed E-state index contributed by atoms with van der Waals surface area (Å²) in [5.41, 5.74) is 2.40. The number of para-hydroxylation sites is 1. The van der Waals surface area contributed by atoms with Gasteiger partial charge >= 0.3 is 0 Å². The first-order valence-electron chi connectivity index (χ1n) is 5.62. The first kappa shape index (κ1) is 11.7. The molecule has 0 aliphatic carbocycles. The van der Waals surface area contributed by atoms with E-state index in [9.17, 15) is 10.1 Å². The van der Waals surface area contributed by atoms with Crippen molar-refractivity contribution in [1.82, 2.24) is 9.97 Å². The molecule has 5 nitrogen and oxygen atoms in total. The van der Waals surface area contributed by atoms with Gasteiger partial charge in [-0.3, -0.25) is 10.1 Å². The number of nitro benzene ring substituents is 1. The van der Waals surface area contributed by atoms with E-state index in [4.69, 9.17) is 0 Å². The lowest BCUT2D eigenvalue weighted by molar-refractivity contribution is -0.384. The standard InChI is InChI=1S/C13H9N3O2S/c1-8-6-10-13(14-7-8)19-12(15-10)9-4-2-3-5-11(9)16(17)18/h2-7H,1H3. The highest BCUT2D eigenvalue weighted by Gasteiger charge is 2.17. The van der Waals surface area contributed by atoms with Crippen molar-refractivity contribution in [3.63, 3.8) is 0 Å². The van der Waals surface area contributed by atoms with E-state index in [1.165, 1.54) is 17.4 Å². The van der Waals surface area contributed by atoms with Gasteiger partial charge in [0, 0.05) is 12.3 Å². The lowest BCUT2D eigenvalue weighted by Crippen LogP contribution is -1.90. The molecule has 3 rings (SSSR count). The zero-order chi connectivity index (χ0) is 13.4. The number of benzene rings is 1. The Hall–Kier alpha value is -2.34. The Morgan fingerprint density at radius 3 is 2.89 bits per heavy atom. The molecule has 0 unspecified atom stereocenters. The molecule has 2 heterocycles. The molecule has 94 valence electrons. The largest absolute Gasteiger partial charge is 0.279 e. The molecule has 0 amide bonds. The van der Waals surface area contributed by atoms with Crippen LogP contribution in [0.5, 0.6) is 0 Å². The van der Waals surface area contributed by atoms with Crippen LogP contribution in [0.25, 0.3) is 20.9 Å². The molecule has 0 saturated heterocycles. The topological polar surface area (TPSA) is 68.9 Å². The number of thiazole rings is 1. The molecule has 0 bridgehead atoms. The Balaban J connectivity index is 2.22. The van der Waals surface area contributed by atoms with Crippen LogP contribution in [0.3, 0.4) is 0 Å². The maximum absolute atomic E-state index is 11.0. The molecule has 0 atom stereocenters. The number of hydrogen-bond donors (Lipinski definition) is 0. The highest BCUT2D eigenvalue weighted by atomic mass is 32.1. The van der Waals surface area contributed by atoms with E-state index in [2.05, 4.69) is 9.97 Å². The Kier molecular flexibility index (Phi) is 2.72. The van der Waals surface area contributed by atoms with Gasteiger partial charge in [0.25, 0.3) is 5.69 Å². The number of hydrogen-bond acceptors (Lipinski definition) is 5. The van der Waals surface area contributed by atoms with Gasteiger partial charge in [0.05, 0.1) is 10.5 Å². The molecule has 2 aromatic heterocycles. The molecule has 0 spiro atoms. The van der Waals surface area contributed by atoms with E-state index < -0.39 is 0 Å². The van der Waals surface area contributed by atoms with Crippen molar-refractivity contribution >= 4 is 27.4 Å². The van der Waals surface area contributed by atoms with Gasteiger partial charge in [-0.2, -0.15) is 0 Å². The normalized spacial score (nSPS) is 10.8. The Bertz CT molecular complexity index is 782. The SMILES string of the molecule is Cc1cnc2sc(-c3ccccc3[N+](=O)[O-])nc2c1. The summed E-state index contributed by atoms with van der Waals surface area (Å²) in [7, 11) is 0. The second-order valence-corrected chi connectivity index (χ2v) is 5.11. The smallest absolute Gasteiger partial charge is 0.258 e. The fourth-order valence-corrected chi connectivity index (χ4v) is 2.78. The molecule has 1 aromatic carbocycles. The predicted molar refractivity (Wildman–Crippen MR) is 74.2 cm³/mol. The van der Waals surface area contributed by atoms with Gasteiger partial charge in [-0.15, -0.1) is 0 Å². The Labute approximate surface area is 112 Å². The zero-order valence-electron chi connectivity index (χ0n) is 10.0. The summed E-state index contributed by atoms with van der Waals surface area (Å²) in [5, 5.41) is 11.7. The van der Waals surface area contributed by atoms with E-state index in [1.807, 2.05) is 13.0 Å². The molecule has 0 radical (unpaired) electrons. The number of nitro groups is 1. The molecule has 0 fully saturated rings. The van der Waals surface area contributed by atoms with Crippen LogP contribution in [0, 0.1) is 17.0 Å². The van der Waals surface area contributed by atoms with Gasteiger partial charge < -0.3 is 0 Å². The zero-order valence-corrected chi connectivity index (χ0v) is 10.8. The van der Waals surface area contributed by atoms with Gasteiger partial charge in [-0.1, -0.05) is 23.5 Å². The fourth-order valence-electron chi connectivity index (χ4n) is 1.85. The average Bonchev–Trinajstić information content (AvgIpc) is 2.81. The Morgan fingerprint density at radius 1 is 1.32 bits per heavy atom. The van der Waals surface area contributed by atoms with Crippen LogP contribution in [0.1, 0.15) is 5.56 Å². The van der Waals surface area contributed by atoms with Crippen molar-refractivity contribution in [2.75, 3.05) is 0 Å². The number of pyridine rings is 1. The summed E-state index contributed by atoms with van der Waals surface area (Å²) in [6, 6.07) is 8.55. The second-order valence-electron chi connectivity index (χ2n) is 4.13. The molecular formula is C13H9N3O2S. The second kappa shape index (κ2) is 4.40. The van der Waals surface area contributed by atoms with Crippen LogP contribution in [0.15, 0.2) is 36.5 Å². The van der Waals surface area contributed by atoms with Crippen LogP contribution in [-0.4, -0.2) is 14.9 Å². The van der Waals surface area contributed by atoms with Crippen LogP contribution in [0.4, 0.5) is 5.69 Å². The van der Waals surface area contributed by atoms with E-state index in [1.54, 1.807) is 24.4 Å². The van der Waals surface area contributed by atoms with Crippen molar-refractivity contribution in [2.45, 2.75) is 6.92 Å². The van der Waals surface area contributed by atoms with Gasteiger partial charge in [0.15, 0.2) is 0 Å². The molecule has 0 aliphatic rings. The molecule has 0 aliphatic heterocycles. The van der Waals surface area contributed by atoms with Gasteiger partial charge in [0.2, 0.25) is 0 Å². The first-order valence-corrected chi connectivity index (χ1v) is 6.44. The van der Waals surface area contributed by atoms with Crippen molar-refractivity contribution in [1.29, 1.82) is 0 Å². The summed E-state index contributed by atoms with van der Waals surface area (Å²) in [6.45, 7) is 1.94. The summed E-state index contributed by atoms with van der Waals surface area (Å²) in [4.78, 5) is 20.2. The minimum Gasteiger partial charge on any atom is -0.258 e. The highest BCUT2D eigenvalue weighted by Crippen LogP contribution is 2.34. The fraction of sp³-hybridized carbons (Fsp3) is 0.0769. The summed E-state index contributed by atoms with van der Waals surface area (Å²) >= 11 is 1.36. The summed E-state index contributed by atoms with van der Waals surface area (Å²) < 4.78 is 0. The number of fused-ring (bicyclic) bond motifs is 1. The molecular weight excluding hydrogens is 262 g/mol. The highest BCUT2D eigenvalue weighted by molar-refractivity contribution is 7.21. The van der Waals surface area contributed by atoms with Crippen LogP contribution >= 0.6 is 11.3 Å². The average molecular weight is 271 g/mol. The van der Waals surface area contributed by atoms with Crippen LogP contribution in [0.2, 0.25) is 0 Å². The van der Waals surface area contributed by atoms with Gasteiger partial charge in [-0.25, -0.2) is 9.97 Å². The number of aromatic nitrogens is 2. The minimum atomic E-state index is -0.389. The number of aryl methyl sites for hydroxylation is 1. The van der Waals surface area contributed by atoms with Crippen molar-refractivity contribution in [3.8, 4) is 10.6 Å².